The molecule has 0 atom stereocenters. The molecule has 1 N–H and O–H groups in total. The van der Waals surface area contributed by atoms with Gasteiger partial charge in [0.25, 0.3) is 5.69 Å². The highest BCUT2D eigenvalue weighted by Crippen LogP contribution is 2.33. The SMILES string of the molecule is COc1ccc([N+](=O)[O-])cc1N(CC(=O)NCC1CCCCC1)S(C)(=O)=O. The Morgan fingerprint density at radius 1 is 1.33 bits per heavy atom. The minimum atomic E-state index is -3.86. The maximum absolute atomic E-state index is 12.3. The number of sulfonamides is 1. The number of nitro groups is 1. The van der Waals surface area contributed by atoms with Gasteiger partial charge in [-0.25, -0.2) is 8.42 Å². The predicted molar refractivity (Wildman–Crippen MR) is 101 cm³/mol. The van der Waals surface area contributed by atoms with Crippen LogP contribution in [0.1, 0.15) is 32.1 Å². The molecule has 27 heavy (non-hydrogen) atoms. The van der Waals surface area contributed by atoms with Crippen LogP contribution < -0.4 is 14.4 Å². The monoisotopic (exact) mass is 399 g/mol. The standard InChI is InChI=1S/C17H25N3O6S/c1-26-16-9-8-14(20(22)23)10-15(16)19(27(2,24)25)12-17(21)18-11-13-6-4-3-5-7-13/h8-10,13H,3-7,11-12H2,1-2H3,(H,18,21). The zero-order valence-electron chi connectivity index (χ0n) is 15.5. The Kier molecular flexibility index (Phi) is 7.00. The quantitative estimate of drug-likeness (QED) is 0.528. The van der Waals surface area contributed by atoms with E-state index in [9.17, 15) is 23.3 Å². The van der Waals surface area contributed by atoms with Crippen LogP contribution in [0.15, 0.2) is 18.2 Å². The molecule has 0 aromatic heterocycles. The van der Waals surface area contributed by atoms with Crippen molar-refractivity contribution in [2.45, 2.75) is 32.1 Å². The molecular formula is C17H25N3O6S. The fourth-order valence-electron chi connectivity index (χ4n) is 3.20. The smallest absolute Gasteiger partial charge is 0.271 e. The molecule has 1 aromatic carbocycles. The third kappa shape index (κ3) is 5.81. The third-order valence-electron chi connectivity index (χ3n) is 4.64. The van der Waals surface area contributed by atoms with Crippen LogP contribution in [0.5, 0.6) is 5.75 Å². The van der Waals surface area contributed by atoms with Gasteiger partial charge in [-0.2, -0.15) is 0 Å². The lowest BCUT2D eigenvalue weighted by molar-refractivity contribution is -0.384. The van der Waals surface area contributed by atoms with Crippen molar-refractivity contribution in [1.82, 2.24) is 5.32 Å². The normalized spacial score (nSPS) is 15.2. The number of carbonyl (C=O) groups excluding carboxylic acids is 1. The summed E-state index contributed by atoms with van der Waals surface area (Å²) in [6, 6.07) is 3.62. The summed E-state index contributed by atoms with van der Waals surface area (Å²) in [5.41, 5.74) is -0.330. The van der Waals surface area contributed by atoms with Gasteiger partial charge in [0.1, 0.15) is 18.0 Å². The predicted octanol–water partition coefficient (Wildman–Crippen LogP) is 2.07. The molecule has 9 nitrogen and oxygen atoms in total. The molecule has 1 amide bonds. The fourth-order valence-corrected chi connectivity index (χ4v) is 4.06. The average Bonchev–Trinajstić information content (AvgIpc) is 2.63. The van der Waals surface area contributed by atoms with E-state index in [4.69, 9.17) is 4.74 Å². The van der Waals surface area contributed by atoms with E-state index in [0.29, 0.717) is 12.5 Å². The van der Waals surface area contributed by atoms with E-state index < -0.39 is 27.4 Å². The van der Waals surface area contributed by atoms with E-state index in [1.807, 2.05) is 0 Å². The molecule has 2 rings (SSSR count). The lowest BCUT2D eigenvalue weighted by Crippen LogP contribution is -2.42. The van der Waals surface area contributed by atoms with E-state index in [0.717, 1.165) is 42.3 Å². The second-order valence-corrected chi connectivity index (χ2v) is 8.60. The van der Waals surface area contributed by atoms with Gasteiger partial charge in [0.15, 0.2) is 0 Å². The van der Waals surface area contributed by atoms with Crippen molar-refractivity contribution < 1.29 is 22.9 Å². The first-order valence-electron chi connectivity index (χ1n) is 8.79. The second kappa shape index (κ2) is 9.03. The summed E-state index contributed by atoms with van der Waals surface area (Å²) in [4.78, 5) is 22.8. The first-order valence-corrected chi connectivity index (χ1v) is 10.6. The van der Waals surface area contributed by atoms with Crippen molar-refractivity contribution in [2.24, 2.45) is 5.92 Å². The van der Waals surface area contributed by atoms with Crippen LogP contribution in [0.3, 0.4) is 0 Å². The number of non-ortho nitro benzene ring substituents is 1. The molecule has 0 heterocycles. The Bertz CT molecular complexity index is 790. The number of nitro benzene ring substituents is 1. The van der Waals surface area contributed by atoms with Gasteiger partial charge in [-0.1, -0.05) is 19.3 Å². The molecule has 0 spiro atoms. The molecule has 0 aliphatic heterocycles. The lowest BCUT2D eigenvalue weighted by atomic mass is 9.89. The van der Waals surface area contributed by atoms with Gasteiger partial charge in [-0.05, 0) is 24.8 Å². The van der Waals surface area contributed by atoms with Crippen molar-refractivity contribution in [3.8, 4) is 5.75 Å². The summed E-state index contributed by atoms with van der Waals surface area (Å²) in [5, 5.41) is 13.8. The highest BCUT2D eigenvalue weighted by atomic mass is 32.2. The first kappa shape index (κ1) is 20.9. The molecule has 1 saturated carbocycles. The van der Waals surface area contributed by atoms with Crippen LogP contribution in [0.2, 0.25) is 0 Å². The number of nitrogens with one attached hydrogen (secondary N) is 1. The van der Waals surface area contributed by atoms with Crippen molar-refractivity contribution in [2.75, 3.05) is 30.8 Å². The number of carbonyl (C=O) groups is 1. The van der Waals surface area contributed by atoms with Crippen LogP contribution >= 0.6 is 0 Å². The highest BCUT2D eigenvalue weighted by molar-refractivity contribution is 7.92. The van der Waals surface area contributed by atoms with Gasteiger partial charge in [0.2, 0.25) is 15.9 Å². The zero-order chi connectivity index (χ0) is 20.0. The topological polar surface area (TPSA) is 119 Å². The molecule has 1 aliphatic carbocycles. The van der Waals surface area contributed by atoms with Gasteiger partial charge in [0, 0.05) is 18.7 Å². The molecule has 0 unspecified atom stereocenters. The summed E-state index contributed by atoms with van der Waals surface area (Å²) in [7, 11) is -2.53. The minimum absolute atomic E-state index is 0.0398. The Labute approximate surface area is 158 Å². The van der Waals surface area contributed by atoms with Crippen LogP contribution in [-0.4, -0.2) is 45.7 Å². The molecule has 150 valence electrons. The van der Waals surface area contributed by atoms with E-state index in [-0.39, 0.29) is 17.1 Å². The highest BCUT2D eigenvalue weighted by Gasteiger charge is 2.26. The number of hydrogen-bond acceptors (Lipinski definition) is 6. The molecule has 10 heteroatoms. The van der Waals surface area contributed by atoms with Crippen LogP contribution in [-0.2, 0) is 14.8 Å². The summed E-state index contributed by atoms with van der Waals surface area (Å²) in [6.45, 7) is 0.0333. The molecule has 0 saturated heterocycles. The molecular weight excluding hydrogens is 374 g/mol. The Morgan fingerprint density at radius 3 is 2.56 bits per heavy atom. The number of rotatable bonds is 8. The summed E-state index contributed by atoms with van der Waals surface area (Å²) in [6.07, 6.45) is 6.53. The van der Waals surface area contributed by atoms with Gasteiger partial charge in [-0.3, -0.25) is 19.2 Å². The van der Waals surface area contributed by atoms with Gasteiger partial charge in [0.05, 0.1) is 18.3 Å². The van der Waals surface area contributed by atoms with E-state index in [1.165, 1.54) is 25.7 Å². The lowest BCUT2D eigenvalue weighted by Gasteiger charge is -2.25. The number of benzene rings is 1. The molecule has 0 radical (unpaired) electrons. The number of hydrogen-bond donors (Lipinski definition) is 1. The van der Waals surface area contributed by atoms with Crippen molar-refractivity contribution in [3.05, 3.63) is 28.3 Å². The van der Waals surface area contributed by atoms with E-state index in [1.54, 1.807) is 0 Å². The van der Waals surface area contributed by atoms with Gasteiger partial charge < -0.3 is 10.1 Å². The number of ether oxygens (including phenoxy) is 1. The van der Waals surface area contributed by atoms with Gasteiger partial charge >= 0.3 is 0 Å². The third-order valence-corrected chi connectivity index (χ3v) is 5.77. The molecule has 1 aliphatic rings. The fraction of sp³-hybridized carbons (Fsp3) is 0.588. The van der Waals surface area contributed by atoms with Crippen molar-refractivity contribution >= 4 is 27.3 Å². The van der Waals surface area contributed by atoms with Gasteiger partial charge in [-0.15, -0.1) is 0 Å². The number of amides is 1. The van der Waals surface area contributed by atoms with Crippen LogP contribution in [0, 0.1) is 16.0 Å². The number of anilines is 1. The van der Waals surface area contributed by atoms with Crippen LogP contribution in [0.4, 0.5) is 11.4 Å². The number of methoxy groups -OCH3 is 1. The second-order valence-electron chi connectivity index (χ2n) is 6.69. The zero-order valence-corrected chi connectivity index (χ0v) is 16.3. The first-order chi connectivity index (χ1) is 12.7. The van der Waals surface area contributed by atoms with Crippen LogP contribution in [0.25, 0.3) is 0 Å². The minimum Gasteiger partial charge on any atom is -0.495 e. The van der Waals surface area contributed by atoms with Crippen molar-refractivity contribution in [3.63, 3.8) is 0 Å². The molecule has 0 bridgehead atoms. The maximum atomic E-state index is 12.3. The summed E-state index contributed by atoms with van der Waals surface area (Å²) >= 11 is 0. The average molecular weight is 399 g/mol. The van der Waals surface area contributed by atoms with Crippen molar-refractivity contribution in [1.29, 1.82) is 0 Å². The molecule has 1 fully saturated rings. The molecule has 1 aromatic rings. The summed E-state index contributed by atoms with van der Waals surface area (Å²) in [5.74, 6) is 0.0763. The van der Waals surface area contributed by atoms with E-state index in [2.05, 4.69) is 5.32 Å². The van der Waals surface area contributed by atoms with E-state index >= 15 is 0 Å². The largest absolute Gasteiger partial charge is 0.495 e. The number of nitrogens with zero attached hydrogens (tertiary/aromatic N) is 2. The summed E-state index contributed by atoms with van der Waals surface area (Å²) < 4.78 is 30.4. The Hall–Kier alpha value is -2.36. The Balaban J connectivity index is 2.19. The maximum Gasteiger partial charge on any atom is 0.271 e. The Morgan fingerprint density at radius 2 is 2.00 bits per heavy atom.